The molecule has 0 saturated heterocycles. The molecule has 0 aromatic rings. The molecule has 0 saturated carbocycles. The maximum Gasteiger partial charge on any atom is 0.00174 e. The molecule has 0 aliphatic carbocycles. The average Bonchev–Trinajstić information content (AvgIpc) is 2.30. The van der Waals surface area contributed by atoms with Crippen LogP contribution in [0.5, 0.6) is 0 Å². The Bertz CT molecular complexity index is 116. The van der Waals surface area contributed by atoms with Gasteiger partial charge in [0, 0.05) is 13.1 Å². The van der Waals surface area contributed by atoms with Crippen LogP contribution in [0.15, 0.2) is 0 Å². The second kappa shape index (κ2) is 9.53. The Morgan fingerprint density at radius 3 is 1.67 bits per heavy atom. The molecule has 0 heterocycles. The zero-order chi connectivity index (χ0) is 11.7. The van der Waals surface area contributed by atoms with E-state index in [0.717, 1.165) is 17.6 Å². The highest BCUT2D eigenvalue weighted by atomic mass is 32.1. The molecule has 2 heteroatoms. The Morgan fingerprint density at radius 1 is 0.867 bits per heavy atom. The SMILES string of the molecule is CCC(CC)CN(CC)CC(CC)CS. The quantitative estimate of drug-likeness (QED) is 0.592. The fraction of sp³-hybridized carbons (Fsp3) is 1.00. The summed E-state index contributed by atoms with van der Waals surface area (Å²) in [6.07, 6.45) is 3.87. The van der Waals surface area contributed by atoms with Crippen LogP contribution in [-0.2, 0) is 0 Å². The summed E-state index contributed by atoms with van der Waals surface area (Å²) >= 11 is 4.42. The largest absolute Gasteiger partial charge is 0.303 e. The molecule has 1 unspecified atom stereocenters. The van der Waals surface area contributed by atoms with Crippen molar-refractivity contribution in [3.8, 4) is 0 Å². The molecule has 0 rings (SSSR count). The summed E-state index contributed by atoms with van der Waals surface area (Å²) in [6, 6.07) is 0. The lowest BCUT2D eigenvalue weighted by molar-refractivity contribution is 0.206. The minimum absolute atomic E-state index is 0.766. The number of nitrogens with zero attached hydrogens (tertiary/aromatic N) is 1. The zero-order valence-corrected chi connectivity index (χ0v) is 11.9. The second-order valence-corrected chi connectivity index (χ2v) is 4.86. The third-order valence-electron chi connectivity index (χ3n) is 3.47. The van der Waals surface area contributed by atoms with Crippen molar-refractivity contribution in [3.05, 3.63) is 0 Å². The van der Waals surface area contributed by atoms with E-state index in [1.54, 1.807) is 0 Å². The molecule has 0 spiro atoms. The Balaban J connectivity index is 4.00. The van der Waals surface area contributed by atoms with Crippen LogP contribution in [0.25, 0.3) is 0 Å². The highest BCUT2D eigenvalue weighted by Crippen LogP contribution is 2.13. The first-order valence-corrected chi connectivity index (χ1v) is 7.18. The molecule has 1 nitrogen and oxygen atoms in total. The minimum Gasteiger partial charge on any atom is -0.303 e. The van der Waals surface area contributed by atoms with Crippen LogP contribution < -0.4 is 0 Å². The third kappa shape index (κ3) is 6.47. The van der Waals surface area contributed by atoms with Gasteiger partial charge in [-0.05, 0) is 24.1 Å². The lowest BCUT2D eigenvalue weighted by atomic mass is 10.0. The van der Waals surface area contributed by atoms with Crippen molar-refractivity contribution in [2.75, 3.05) is 25.4 Å². The van der Waals surface area contributed by atoms with E-state index in [1.807, 2.05) is 0 Å². The van der Waals surface area contributed by atoms with Gasteiger partial charge in [-0.15, -0.1) is 0 Å². The summed E-state index contributed by atoms with van der Waals surface area (Å²) in [5.41, 5.74) is 0. The van der Waals surface area contributed by atoms with Gasteiger partial charge in [0.15, 0.2) is 0 Å². The predicted molar refractivity (Wildman–Crippen MR) is 73.8 cm³/mol. The van der Waals surface area contributed by atoms with Crippen LogP contribution in [0.1, 0.15) is 47.0 Å². The van der Waals surface area contributed by atoms with Crippen LogP contribution in [0.3, 0.4) is 0 Å². The Morgan fingerprint density at radius 2 is 1.33 bits per heavy atom. The van der Waals surface area contributed by atoms with E-state index in [-0.39, 0.29) is 0 Å². The van der Waals surface area contributed by atoms with E-state index in [9.17, 15) is 0 Å². The van der Waals surface area contributed by atoms with Gasteiger partial charge in [0.2, 0.25) is 0 Å². The molecule has 0 aliphatic heterocycles. The molecule has 0 fully saturated rings. The van der Waals surface area contributed by atoms with Gasteiger partial charge in [-0.2, -0.15) is 12.6 Å². The van der Waals surface area contributed by atoms with Crippen LogP contribution >= 0.6 is 12.6 Å². The maximum atomic E-state index is 4.42. The van der Waals surface area contributed by atoms with Gasteiger partial charge in [0.25, 0.3) is 0 Å². The molecule has 92 valence electrons. The van der Waals surface area contributed by atoms with Crippen LogP contribution in [0.2, 0.25) is 0 Å². The molecule has 0 N–H and O–H groups in total. The van der Waals surface area contributed by atoms with E-state index < -0.39 is 0 Å². The van der Waals surface area contributed by atoms with E-state index in [4.69, 9.17) is 0 Å². The van der Waals surface area contributed by atoms with Gasteiger partial charge in [0.05, 0.1) is 0 Å². The van der Waals surface area contributed by atoms with Crippen LogP contribution in [0.4, 0.5) is 0 Å². The van der Waals surface area contributed by atoms with Crippen molar-refractivity contribution >= 4 is 12.6 Å². The summed E-state index contributed by atoms with van der Waals surface area (Å²) in [5, 5.41) is 0. The highest BCUT2D eigenvalue weighted by Gasteiger charge is 2.13. The van der Waals surface area contributed by atoms with E-state index in [0.29, 0.717) is 0 Å². The Hall–Kier alpha value is 0.310. The van der Waals surface area contributed by atoms with Crippen molar-refractivity contribution < 1.29 is 0 Å². The molecule has 0 amide bonds. The number of rotatable bonds is 9. The third-order valence-corrected chi connectivity index (χ3v) is 3.99. The van der Waals surface area contributed by atoms with Gasteiger partial charge in [-0.3, -0.25) is 0 Å². The molecule has 0 aliphatic rings. The monoisotopic (exact) mass is 231 g/mol. The number of hydrogen-bond acceptors (Lipinski definition) is 2. The van der Waals surface area contributed by atoms with Crippen LogP contribution in [-0.4, -0.2) is 30.3 Å². The lowest BCUT2D eigenvalue weighted by Crippen LogP contribution is -2.34. The van der Waals surface area contributed by atoms with Crippen molar-refractivity contribution in [1.82, 2.24) is 4.90 Å². The summed E-state index contributed by atoms with van der Waals surface area (Å²) in [7, 11) is 0. The van der Waals surface area contributed by atoms with Crippen molar-refractivity contribution in [3.63, 3.8) is 0 Å². The topological polar surface area (TPSA) is 3.24 Å². The van der Waals surface area contributed by atoms with E-state index in [1.165, 1.54) is 38.9 Å². The molecule has 0 bridgehead atoms. The zero-order valence-electron chi connectivity index (χ0n) is 11.0. The van der Waals surface area contributed by atoms with E-state index in [2.05, 4.69) is 45.2 Å². The van der Waals surface area contributed by atoms with Crippen molar-refractivity contribution in [2.24, 2.45) is 11.8 Å². The van der Waals surface area contributed by atoms with Gasteiger partial charge >= 0.3 is 0 Å². The fourth-order valence-electron chi connectivity index (χ4n) is 1.93. The van der Waals surface area contributed by atoms with Crippen molar-refractivity contribution in [1.29, 1.82) is 0 Å². The molecule has 0 radical (unpaired) electrons. The summed E-state index contributed by atoms with van der Waals surface area (Å²) < 4.78 is 0. The Kier molecular flexibility index (Phi) is 9.73. The van der Waals surface area contributed by atoms with Gasteiger partial charge in [-0.1, -0.05) is 47.0 Å². The summed E-state index contributed by atoms with van der Waals surface area (Å²) in [4.78, 5) is 2.60. The average molecular weight is 231 g/mol. The maximum absolute atomic E-state index is 4.42. The van der Waals surface area contributed by atoms with Gasteiger partial charge in [-0.25, -0.2) is 0 Å². The molecular formula is C13H29NS. The molecule has 15 heavy (non-hydrogen) atoms. The van der Waals surface area contributed by atoms with Crippen molar-refractivity contribution in [2.45, 2.75) is 47.0 Å². The number of thiol groups is 1. The second-order valence-electron chi connectivity index (χ2n) is 4.49. The molecule has 0 aromatic carbocycles. The first-order chi connectivity index (χ1) is 7.21. The summed E-state index contributed by atoms with van der Waals surface area (Å²) in [5.74, 6) is 2.67. The van der Waals surface area contributed by atoms with Gasteiger partial charge in [0.1, 0.15) is 0 Å². The number of hydrogen-bond donors (Lipinski definition) is 1. The normalized spacial score (nSPS) is 13.8. The lowest BCUT2D eigenvalue weighted by Gasteiger charge is -2.28. The first-order valence-electron chi connectivity index (χ1n) is 6.54. The smallest absolute Gasteiger partial charge is 0.00174 e. The predicted octanol–water partition coefficient (Wildman–Crippen LogP) is 3.70. The molecule has 0 aromatic heterocycles. The van der Waals surface area contributed by atoms with Gasteiger partial charge < -0.3 is 4.90 Å². The van der Waals surface area contributed by atoms with E-state index >= 15 is 0 Å². The minimum atomic E-state index is 0.766. The standard InChI is InChI=1S/C13H29NS/c1-5-12(6-2)9-14(8-4)10-13(7-3)11-15/h12-13,15H,5-11H2,1-4H3. The highest BCUT2D eigenvalue weighted by molar-refractivity contribution is 7.80. The Labute approximate surface area is 102 Å². The molecular weight excluding hydrogens is 202 g/mol. The van der Waals surface area contributed by atoms with Crippen LogP contribution in [0, 0.1) is 11.8 Å². The fourth-order valence-corrected chi connectivity index (χ4v) is 2.30. The first kappa shape index (κ1) is 15.3. The summed E-state index contributed by atoms with van der Waals surface area (Å²) in [6.45, 7) is 12.8. The molecule has 1 atom stereocenters.